The van der Waals surface area contributed by atoms with E-state index in [1.165, 1.54) is 12.8 Å². The van der Waals surface area contributed by atoms with Crippen LogP contribution in [0.1, 0.15) is 38.5 Å². The third kappa shape index (κ3) is 7.69. The van der Waals surface area contributed by atoms with Crippen LogP contribution < -0.4 is 10.6 Å². The van der Waals surface area contributed by atoms with Crippen molar-refractivity contribution in [1.82, 2.24) is 20.4 Å². The maximum atomic E-state index is 12.3. The summed E-state index contributed by atoms with van der Waals surface area (Å²) in [4.78, 5) is 28.3. The number of hydrogen-bond acceptors (Lipinski definition) is 4. The van der Waals surface area contributed by atoms with E-state index in [0.717, 1.165) is 58.5 Å². The Hall–Kier alpha value is -0.560. The van der Waals surface area contributed by atoms with Crippen LogP contribution in [0.15, 0.2) is 0 Å². The Bertz CT molecular complexity index is 421. The second kappa shape index (κ2) is 11.2. The summed E-state index contributed by atoms with van der Waals surface area (Å²) in [5.74, 6) is 1.15. The minimum absolute atomic E-state index is 0. The third-order valence-electron chi connectivity index (χ3n) is 5.26. The van der Waals surface area contributed by atoms with E-state index in [1.54, 1.807) is 0 Å². The fraction of sp³-hybridized carbons (Fsp3) is 0.882. The molecule has 0 bridgehead atoms. The Morgan fingerprint density at radius 2 is 1.60 bits per heavy atom. The molecule has 0 radical (unpaired) electrons. The summed E-state index contributed by atoms with van der Waals surface area (Å²) in [7, 11) is 0. The number of hydrogen-bond donors (Lipinski definition) is 2. The van der Waals surface area contributed by atoms with Crippen LogP contribution in [0.4, 0.5) is 0 Å². The fourth-order valence-corrected chi connectivity index (χ4v) is 3.52. The van der Waals surface area contributed by atoms with Crippen molar-refractivity contribution in [1.29, 1.82) is 0 Å². The van der Waals surface area contributed by atoms with Crippen molar-refractivity contribution < 1.29 is 9.59 Å². The Kier molecular flexibility index (Phi) is 10.1. The Morgan fingerprint density at radius 3 is 2.20 bits per heavy atom. The van der Waals surface area contributed by atoms with Crippen LogP contribution in [0.2, 0.25) is 0 Å². The van der Waals surface area contributed by atoms with Crippen molar-refractivity contribution in [2.75, 3.05) is 45.8 Å². The summed E-state index contributed by atoms with van der Waals surface area (Å²) < 4.78 is 0. The summed E-state index contributed by atoms with van der Waals surface area (Å²) in [5, 5.41) is 6.39. The molecular formula is C17H32Cl2N4O2. The number of nitrogens with zero attached hydrogens (tertiary/aromatic N) is 2. The number of piperazine rings is 1. The monoisotopic (exact) mass is 394 g/mol. The largest absolute Gasteiger partial charge is 0.352 e. The highest BCUT2D eigenvalue weighted by Gasteiger charge is 2.26. The highest BCUT2D eigenvalue weighted by molar-refractivity contribution is 5.85. The molecule has 25 heavy (non-hydrogen) atoms. The number of nitrogens with one attached hydrogen (secondary N) is 2. The Balaban J connectivity index is 0.00000156. The Labute approximate surface area is 163 Å². The zero-order valence-corrected chi connectivity index (χ0v) is 16.5. The van der Waals surface area contributed by atoms with Gasteiger partial charge in [0, 0.05) is 38.6 Å². The highest BCUT2D eigenvalue weighted by Crippen LogP contribution is 2.19. The van der Waals surface area contributed by atoms with Gasteiger partial charge in [0.15, 0.2) is 0 Å². The molecule has 2 heterocycles. The van der Waals surface area contributed by atoms with E-state index in [4.69, 9.17) is 0 Å². The van der Waals surface area contributed by atoms with E-state index in [1.807, 2.05) is 4.90 Å². The van der Waals surface area contributed by atoms with E-state index in [9.17, 15) is 9.59 Å². The van der Waals surface area contributed by atoms with E-state index in [0.29, 0.717) is 30.8 Å². The van der Waals surface area contributed by atoms with Gasteiger partial charge in [0.05, 0.1) is 6.54 Å². The zero-order chi connectivity index (χ0) is 16.1. The summed E-state index contributed by atoms with van der Waals surface area (Å²) in [5.41, 5.74) is 0. The topological polar surface area (TPSA) is 64.7 Å². The van der Waals surface area contributed by atoms with Gasteiger partial charge in [-0.1, -0.05) is 0 Å². The molecule has 3 fully saturated rings. The summed E-state index contributed by atoms with van der Waals surface area (Å²) in [6, 6.07) is 0.431. The van der Waals surface area contributed by atoms with Gasteiger partial charge >= 0.3 is 0 Å². The van der Waals surface area contributed by atoms with Crippen LogP contribution in [0.5, 0.6) is 0 Å². The van der Waals surface area contributed by atoms with E-state index in [-0.39, 0.29) is 30.7 Å². The maximum Gasteiger partial charge on any atom is 0.234 e. The fourth-order valence-electron chi connectivity index (χ4n) is 3.52. The van der Waals surface area contributed by atoms with Crippen molar-refractivity contribution in [3.8, 4) is 0 Å². The van der Waals surface area contributed by atoms with Gasteiger partial charge in [0.2, 0.25) is 11.8 Å². The van der Waals surface area contributed by atoms with Gasteiger partial charge < -0.3 is 15.5 Å². The molecule has 0 spiro atoms. The molecule has 2 amide bonds. The van der Waals surface area contributed by atoms with Crippen LogP contribution >= 0.6 is 24.8 Å². The van der Waals surface area contributed by atoms with Crippen LogP contribution in [0.3, 0.4) is 0 Å². The lowest BCUT2D eigenvalue weighted by Gasteiger charge is -2.34. The first-order valence-corrected chi connectivity index (χ1v) is 9.21. The first kappa shape index (κ1) is 22.5. The number of halogens is 2. The van der Waals surface area contributed by atoms with Gasteiger partial charge in [-0.3, -0.25) is 14.5 Å². The molecule has 1 saturated carbocycles. The van der Waals surface area contributed by atoms with Crippen molar-refractivity contribution in [2.45, 2.75) is 44.6 Å². The van der Waals surface area contributed by atoms with Gasteiger partial charge in [0.1, 0.15) is 0 Å². The average molecular weight is 395 g/mol. The number of piperidine rings is 1. The quantitative estimate of drug-likeness (QED) is 0.705. The smallest absolute Gasteiger partial charge is 0.234 e. The number of amides is 2. The van der Waals surface area contributed by atoms with Gasteiger partial charge in [-0.05, 0) is 51.1 Å². The van der Waals surface area contributed by atoms with Crippen molar-refractivity contribution in [3.63, 3.8) is 0 Å². The molecule has 3 rings (SSSR count). The second-order valence-electron chi connectivity index (χ2n) is 7.23. The third-order valence-corrected chi connectivity index (χ3v) is 5.26. The van der Waals surface area contributed by atoms with Crippen LogP contribution in [-0.4, -0.2) is 73.5 Å². The molecule has 2 N–H and O–H groups in total. The lowest BCUT2D eigenvalue weighted by molar-refractivity contribution is -0.133. The van der Waals surface area contributed by atoms with E-state index in [2.05, 4.69) is 15.5 Å². The van der Waals surface area contributed by atoms with Crippen molar-refractivity contribution in [2.24, 2.45) is 5.92 Å². The lowest BCUT2D eigenvalue weighted by atomic mass is 9.93. The van der Waals surface area contributed by atoms with Gasteiger partial charge in [-0.15, -0.1) is 24.8 Å². The van der Waals surface area contributed by atoms with Gasteiger partial charge in [0.25, 0.3) is 0 Å². The molecular weight excluding hydrogens is 363 g/mol. The molecule has 0 unspecified atom stereocenters. The minimum atomic E-state index is 0. The molecule has 2 saturated heterocycles. The van der Waals surface area contributed by atoms with Gasteiger partial charge in [-0.25, -0.2) is 0 Å². The molecule has 8 heteroatoms. The van der Waals surface area contributed by atoms with E-state index < -0.39 is 0 Å². The maximum absolute atomic E-state index is 12.3. The number of carbonyl (C=O) groups excluding carboxylic acids is 2. The second-order valence-corrected chi connectivity index (χ2v) is 7.23. The van der Waals surface area contributed by atoms with Crippen molar-refractivity contribution >= 4 is 36.6 Å². The molecule has 6 nitrogen and oxygen atoms in total. The van der Waals surface area contributed by atoms with Crippen LogP contribution in [-0.2, 0) is 9.59 Å². The minimum Gasteiger partial charge on any atom is -0.352 e. The number of rotatable bonds is 6. The first-order valence-electron chi connectivity index (χ1n) is 9.21. The lowest BCUT2D eigenvalue weighted by Crippen LogP contribution is -2.51. The highest BCUT2D eigenvalue weighted by atomic mass is 35.5. The molecule has 3 aliphatic rings. The SMILES string of the molecule is Cl.Cl.O=C(CN1CCN(C(=O)CCC2CCNCC2)CC1)NC1CC1. The first-order chi connectivity index (χ1) is 11.2. The molecule has 0 atom stereocenters. The molecule has 146 valence electrons. The van der Waals surface area contributed by atoms with Gasteiger partial charge in [-0.2, -0.15) is 0 Å². The van der Waals surface area contributed by atoms with Crippen LogP contribution in [0.25, 0.3) is 0 Å². The predicted molar refractivity (Wildman–Crippen MR) is 104 cm³/mol. The Morgan fingerprint density at radius 1 is 0.960 bits per heavy atom. The molecule has 0 aromatic carbocycles. The molecule has 1 aliphatic carbocycles. The normalized spacial score (nSPS) is 21.8. The molecule has 0 aromatic rings. The van der Waals surface area contributed by atoms with E-state index >= 15 is 0 Å². The predicted octanol–water partition coefficient (Wildman–Crippen LogP) is 1.03. The van der Waals surface area contributed by atoms with Crippen molar-refractivity contribution in [3.05, 3.63) is 0 Å². The summed E-state index contributed by atoms with van der Waals surface area (Å²) in [6.45, 7) is 5.84. The average Bonchev–Trinajstić information content (AvgIpc) is 3.38. The molecule has 0 aromatic heterocycles. The number of carbonyl (C=O) groups is 2. The molecule has 2 aliphatic heterocycles. The standard InChI is InChI=1S/C17H30N4O2.2ClH/c22-16(19-15-2-3-15)13-20-9-11-21(12-10-20)17(23)4-1-14-5-7-18-8-6-14;;/h14-15,18H,1-13H2,(H,19,22);2*1H. The summed E-state index contributed by atoms with van der Waals surface area (Å²) in [6.07, 6.45) is 6.39. The van der Waals surface area contributed by atoms with Crippen LogP contribution in [0, 0.1) is 5.92 Å². The summed E-state index contributed by atoms with van der Waals surface area (Å²) >= 11 is 0. The zero-order valence-electron chi connectivity index (χ0n) is 14.9.